The van der Waals surface area contributed by atoms with E-state index >= 15 is 0 Å². The number of hydrogen-bond acceptors (Lipinski definition) is 2. The first kappa shape index (κ1) is 19.6. The summed E-state index contributed by atoms with van der Waals surface area (Å²) in [6.07, 6.45) is 0. The molecule has 0 bridgehead atoms. The molecule has 0 aliphatic carbocycles. The molecule has 0 atom stereocenters. The molecule has 0 amide bonds. The van der Waals surface area contributed by atoms with E-state index in [0.717, 1.165) is 0 Å². The summed E-state index contributed by atoms with van der Waals surface area (Å²) < 4.78 is 17.0. The van der Waals surface area contributed by atoms with Crippen molar-refractivity contribution >= 4 is 15.7 Å². The summed E-state index contributed by atoms with van der Waals surface area (Å²) in [4.78, 5) is 0. The Morgan fingerprint density at radius 3 is 1.40 bits per heavy atom. The fourth-order valence-corrected chi connectivity index (χ4v) is 0. The predicted molar refractivity (Wildman–Crippen MR) is 18.4 cm³/mol. The van der Waals surface area contributed by atoms with E-state index in [4.69, 9.17) is 7.91 Å². The van der Waals surface area contributed by atoms with Gasteiger partial charge in [-0.2, -0.15) is 0 Å². The molecular formula is H8GeN2O2+. The average Bonchev–Trinajstić information content (AvgIpc) is 0.918. The Labute approximate surface area is 36.8 Å². The molecule has 0 unspecified atom stereocenters. The Bertz CT molecular complexity index is 15.1. The van der Waals surface area contributed by atoms with Gasteiger partial charge in [0.1, 0.15) is 0 Å². The third kappa shape index (κ3) is 4380. The zero-order valence-corrected chi connectivity index (χ0v) is 5.41. The van der Waals surface area contributed by atoms with Crippen LogP contribution in [0.3, 0.4) is 0 Å². The van der Waals surface area contributed by atoms with Gasteiger partial charge in [0.05, 0.1) is 0 Å². The molecule has 0 aromatic rings. The second-order valence-corrected chi connectivity index (χ2v) is 0.433. The normalized spacial score (nSPS) is 2.40. The van der Waals surface area contributed by atoms with Crippen molar-refractivity contribution in [2.24, 2.45) is 0 Å². The first-order chi connectivity index (χ1) is 1.41. The molecule has 5 heteroatoms. The van der Waals surface area contributed by atoms with Crippen LogP contribution in [0.25, 0.3) is 0 Å². The maximum atomic E-state index is 8.50. The Hall–Kier alpha value is 0.0629. The van der Waals surface area contributed by atoms with Gasteiger partial charge in [-0.3, -0.25) is 0 Å². The van der Waals surface area contributed by atoms with Crippen LogP contribution in [-0.2, 0) is 3.78 Å². The molecule has 8 N–H and O–H groups in total. The van der Waals surface area contributed by atoms with Gasteiger partial charge in [0.25, 0.3) is 0 Å². The van der Waals surface area contributed by atoms with Gasteiger partial charge >= 0.3 is 23.6 Å². The minimum absolute atomic E-state index is 0. The van der Waals surface area contributed by atoms with E-state index in [1.807, 2.05) is 0 Å². The number of rotatable bonds is 0. The molecule has 0 aromatic carbocycles. The van der Waals surface area contributed by atoms with E-state index in [-0.39, 0.29) is 12.3 Å². The van der Waals surface area contributed by atoms with E-state index in [0.29, 0.717) is 0 Å². The molecule has 0 aliphatic rings. The van der Waals surface area contributed by atoms with Gasteiger partial charge in [-0.25, -0.2) is 0 Å². The quantitative estimate of drug-likeness (QED) is 0.423. The summed E-state index contributed by atoms with van der Waals surface area (Å²) >= 11 is -2.00. The number of quaternary nitrogens is 2. The van der Waals surface area contributed by atoms with Crippen molar-refractivity contribution in [1.82, 2.24) is 12.3 Å². The molecule has 0 saturated carbocycles. The van der Waals surface area contributed by atoms with Crippen molar-refractivity contribution in [3.8, 4) is 0 Å². The molecule has 4 nitrogen and oxygen atoms in total. The van der Waals surface area contributed by atoms with Crippen molar-refractivity contribution in [3.63, 3.8) is 0 Å². The number of hydrogen-bond donors (Lipinski definition) is 2. The summed E-state index contributed by atoms with van der Waals surface area (Å²) in [5, 5.41) is 0. The van der Waals surface area contributed by atoms with Gasteiger partial charge in [0.2, 0.25) is 0 Å². The second kappa shape index (κ2) is 33.7. The van der Waals surface area contributed by atoms with Crippen LogP contribution in [0.4, 0.5) is 0 Å². The first-order valence-electron chi connectivity index (χ1n) is 0.408. The van der Waals surface area contributed by atoms with Crippen molar-refractivity contribution in [1.29, 1.82) is 0 Å². The molecule has 33 valence electrons. The topological polar surface area (TPSA) is 113 Å². The summed E-state index contributed by atoms with van der Waals surface area (Å²) in [5.74, 6) is 0. The SMILES string of the molecule is [NH4+].[NH4+].[O]=[Ge][O-]. The zero-order valence-electron chi connectivity index (χ0n) is 3.32. The maximum absolute atomic E-state index is 8.50. The van der Waals surface area contributed by atoms with Crippen LogP contribution in [0.15, 0.2) is 0 Å². The summed E-state index contributed by atoms with van der Waals surface area (Å²) in [6.45, 7) is 0. The molecule has 0 aromatic heterocycles. The van der Waals surface area contributed by atoms with Crippen LogP contribution in [0, 0.1) is 0 Å². The first-order valence-corrected chi connectivity index (χ1v) is 2.12. The Morgan fingerprint density at radius 2 is 1.40 bits per heavy atom. The second-order valence-electron chi connectivity index (χ2n) is 0.0833. The van der Waals surface area contributed by atoms with Crippen molar-refractivity contribution in [3.05, 3.63) is 0 Å². The third-order valence-electron chi connectivity index (χ3n) is 0. The van der Waals surface area contributed by atoms with Crippen LogP contribution in [0.1, 0.15) is 0 Å². The molecule has 0 spiro atoms. The fraction of sp³-hybridized carbons (Fsp3) is 0. The zero-order chi connectivity index (χ0) is 2.71. The van der Waals surface area contributed by atoms with Crippen molar-refractivity contribution in [2.75, 3.05) is 0 Å². The van der Waals surface area contributed by atoms with E-state index in [9.17, 15) is 0 Å². The van der Waals surface area contributed by atoms with E-state index < -0.39 is 15.7 Å². The standard InChI is InChI=1S/GeO2.2H3N/c2-1-3;;/h;2*1H3/q-1;;/p+2. The van der Waals surface area contributed by atoms with Crippen LogP contribution in [0.5, 0.6) is 0 Å². The molecule has 0 fully saturated rings. The third-order valence-corrected chi connectivity index (χ3v) is 0. The van der Waals surface area contributed by atoms with Crippen LogP contribution < -0.4 is 16.4 Å². The fourth-order valence-electron chi connectivity index (χ4n) is 0. The van der Waals surface area contributed by atoms with Gasteiger partial charge in [0, 0.05) is 0 Å². The van der Waals surface area contributed by atoms with Crippen molar-refractivity contribution < 1.29 is 7.91 Å². The van der Waals surface area contributed by atoms with Gasteiger partial charge in [-0.05, 0) is 0 Å². The predicted octanol–water partition coefficient (Wildman–Crippen LogP) is -0.936. The van der Waals surface area contributed by atoms with E-state index in [1.54, 1.807) is 0 Å². The molecule has 0 rings (SSSR count). The molecule has 0 aliphatic heterocycles. The van der Waals surface area contributed by atoms with E-state index in [1.165, 1.54) is 0 Å². The molecular weight excluding hydrogens is 133 g/mol. The summed E-state index contributed by atoms with van der Waals surface area (Å²) in [6, 6.07) is 0. The Balaban J connectivity index is -0.0000000200. The molecule has 0 heterocycles. The van der Waals surface area contributed by atoms with Gasteiger partial charge in [0.15, 0.2) is 0 Å². The van der Waals surface area contributed by atoms with Gasteiger partial charge < -0.3 is 12.3 Å². The Morgan fingerprint density at radius 1 is 1.40 bits per heavy atom. The summed E-state index contributed by atoms with van der Waals surface area (Å²) in [5.41, 5.74) is 0. The molecule has 0 saturated heterocycles. The van der Waals surface area contributed by atoms with E-state index in [2.05, 4.69) is 0 Å². The van der Waals surface area contributed by atoms with Crippen LogP contribution >= 0.6 is 0 Å². The van der Waals surface area contributed by atoms with Gasteiger partial charge in [-0.15, -0.1) is 0 Å². The summed E-state index contributed by atoms with van der Waals surface area (Å²) in [7, 11) is 0. The van der Waals surface area contributed by atoms with Gasteiger partial charge in [-0.1, -0.05) is 0 Å². The molecule has 1 radical (unpaired) electrons. The monoisotopic (exact) mass is 142 g/mol. The molecule has 5 heavy (non-hydrogen) atoms. The van der Waals surface area contributed by atoms with Crippen LogP contribution in [0.2, 0.25) is 0 Å². The van der Waals surface area contributed by atoms with Crippen molar-refractivity contribution in [2.45, 2.75) is 0 Å². The minimum atomic E-state index is -2.00. The average molecular weight is 141 g/mol. The van der Waals surface area contributed by atoms with Crippen LogP contribution in [-0.4, -0.2) is 15.7 Å². The Kier molecular flexibility index (Phi) is 133.